The Bertz CT molecular complexity index is 640. The van der Waals surface area contributed by atoms with Crippen molar-refractivity contribution < 1.29 is 8.42 Å². The quantitative estimate of drug-likeness (QED) is 0.861. The molecular formula is C11H15N5O2S2. The molecule has 0 saturated carbocycles. The van der Waals surface area contributed by atoms with Crippen molar-refractivity contribution in [2.75, 3.05) is 18.9 Å². The molecule has 108 valence electrons. The van der Waals surface area contributed by atoms with Crippen LogP contribution in [-0.2, 0) is 16.6 Å². The van der Waals surface area contributed by atoms with Gasteiger partial charge in [-0.3, -0.25) is 0 Å². The minimum absolute atomic E-state index is 0.0666. The van der Waals surface area contributed by atoms with E-state index in [9.17, 15) is 8.42 Å². The molecule has 0 amide bonds. The monoisotopic (exact) mass is 313 g/mol. The van der Waals surface area contributed by atoms with Gasteiger partial charge in [-0.2, -0.15) is 4.31 Å². The van der Waals surface area contributed by atoms with Crippen LogP contribution in [0.1, 0.15) is 12.6 Å². The molecule has 9 heteroatoms. The van der Waals surface area contributed by atoms with Crippen LogP contribution in [0, 0.1) is 0 Å². The standard InChI is InChI=1S/C11H15N5O2S2/c1-3-12-11-13-4-10(5-14-11)20(17,18)16(2)6-9-7-19-8-15-9/h4-5,7-8H,3,6H2,1-2H3,(H,12,13,14). The van der Waals surface area contributed by atoms with Crippen LogP contribution in [0.15, 0.2) is 28.2 Å². The molecule has 0 aliphatic rings. The zero-order valence-electron chi connectivity index (χ0n) is 11.1. The molecule has 0 unspecified atom stereocenters. The number of rotatable bonds is 6. The van der Waals surface area contributed by atoms with E-state index in [1.807, 2.05) is 12.3 Å². The van der Waals surface area contributed by atoms with Crippen LogP contribution in [-0.4, -0.2) is 41.3 Å². The van der Waals surface area contributed by atoms with E-state index in [0.717, 1.165) is 0 Å². The molecule has 0 aliphatic carbocycles. The highest BCUT2D eigenvalue weighted by molar-refractivity contribution is 7.89. The Hall–Kier alpha value is -1.58. The van der Waals surface area contributed by atoms with Crippen LogP contribution in [0.3, 0.4) is 0 Å². The van der Waals surface area contributed by atoms with E-state index in [1.165, 1.54) is 35.1 Å². The van der Waals surface area contributed by atoms with Crippen molar-refractivity contribution >= 4 is 27.3 Å². The normalized spacial score (nSPS) is 11.8. The average Bonchev–Trinajstić information content (AvgIpc) is 2.92. The summed E-state index contributed by atoms with van der Waals surface area (Å²) in [4.78, 5) is 12.1. The van der Waals surface area contributed by atoms with Gasteiger partial charge in [-0.05, 0) is 6.92 Å². The van der Waals surface area contributed by atoms with E-state index in [1.54, 1.807) is 5.51 Å². The Morgan fingerprint density at radius 3 is 2.55 bits per heavy atom. The zero-order valence-corrected chi connectivity index (χ0v) is 12.8. The lowest BCUT2D eigenvalue weighted by atomic mass is 10.5. The van der Waals surface area contributed by atoms with Crippen LogP contribution in [0.25, 0.3) is 0 Å². The maximum absolute atomic E-state index is 12.3. The van der Waals surface area contributed by atoms with E-state index in [0.29, 0.717) is 18.2 Å². The van der Waals surface area contributed by atoms with Gasteiger partial charge >= 0.3 is 0 Å². The van der Waals surface area contributed by atoms with Crippen LogP contribution < -0.4 is 5.32 Å². The van der Waals surface area contributed by atoms with Gasteiger partial charge in [-0.1, -0.05) is 0 Å². The largest absolute Gasteiger partial charge is 0.355 e. The maximum atomic E-state index is 12.3. The molecule has 7 nitrogen and oxygen atoms in total. The number of anilines is 1. The molecule has 0 bridgehead atoms. The molecule has 0 aromatic carbocycles. The third-order valence-corrected chi connectivity index (χ3v) is 4.93. The Morgan fingerprint density at radius 1 is 1.30 bits per heavy atom. The Kier molecular flexibility index (Phi) is 4.63. The molecule has 2 heterocycles. The van der Waals surface area contributed by atoms with Gasteiger partial charge in [0.15, 0.2) is 0 Å². The molecule has 0 saturated heterocycles. The van der Waals surface area contributed by atoms with Crippen molar-refractivity contribution in [2.45, 2.75) is 18.4 Å². The first-order chi connectivity index (χ1) is 9.54. The second kappa shape index (κ2) is 6.25. The summed E-state index contributed by atoms with van der Waals surface area (Å²) in [5, 5.41) is 4.73. The average molecular weight is 313 g/mol. The summed E-state index contributed by atoms with van der Waals surface area (Å²) in [5.74, 6) is 0.411. The minimum Gasteiger partial charge on any atom is -0.355 e. The third-order valence-electron chi connectivity index (χ3n) is 2.54. The fourth-order valence-electron chi connectivity index (χ4n) is 1.51. The molecule has 0 spiro atoms. The number of sulfonamides is 1. The fraction of sp³-hybridized carbons (Fsp3) is 0.364. The second-order valence-corrected chi connectivity index (χ2v) is 6.78. The number of aromatic nitrogens is 3. The highest BCUT2D eigenvalue weighted by atomic mass is 32.2. The molecule has 0 aliphatic heterocycles. The van der Waals surface area contributed by atoms with Gasteiger partial charge in [0.2, 0.25) is 16.0 Å². The summed E-state index contributed by atoms with van der Waals surface area (Å²) in [7, 11) is -2.09. The molecule has 1 N–H and O–H groups in total. The first-order valence-corrected chi connectivity index (χ1v) is 8.31. The SMILES string of the molecule is CCNc1ncc(S(=O)(=O)N(C)Cc2cscn2)cn1. The highest BCUT2D eigenvalue weighted by Gasteiger charge is 2.22. The lowest BCUT2D eigenvalue weighted by Gasteiger charge is -2.15. The van der Waals surface area contributed by atoms with Crippen molar-refractivity contribution in [3.8, 4) is 0 Å². The van der Waals surface area contributed by atoms with Gasteiger partial charge in [0, 0.05) is 19.0 Å². The summed E-state index contributed by atoms with van der Waals surface area (Å²) >= 11 is 1.43. The summed E-state index contributed by atoms with van der Waals surface area (Å²) in [5.41, 5.74) is 2.38. The third kappa shape index (κ3) is 3.30. The Morgan fingerprint density at radius 2 is 2.00 bits per heavy atom. The van der Waals surface area contributed by atoms with Crippen LogP contribution in [0.5, 0.6) is 0 Å². The molecule has 2 aromatic rings. The number of hydrogen-bond acceptors (Lipinski definition) is 7. The number of nitrogens with one attached hydrogen (secondary N) is 1. The summed E-state index contributed by atoms with van der Waals surface area (Å²) in [6.07, 6.45) is 2.61. The van der Waals surface area contributed by atoms with Crippen molar-refractivity contribution in [1.29, 1.82) is 0 Å². The van der Waals surface area contributed by atoms with Gasteiger partial charge in [0.05, 0.1) is 30.1 Å². The topological polar surface area (TPSA) is 88.1 Å². The summed E-state index contributed by atoms with van der Waals surface area (Å²) in [6, 6.07) is 0. The van der Waals surface area contributed by atoms with Crippen molar-refractivity contribution in [2.24, 2.45) is 0 Å². The van der Waals surface area contributed by atoms with Crippen molar-refractivity contribution in [1.82, 2.24) is 19.3 Å². The van der Waals surface area contributed by atoms with Gasteiger partial charge in [-0.25, -0.2) is 23.4 Å². The van der Waals surface area contributed by atoms with E-state index in [2.05, 4.69) is 20.3 Å². The first kappa shape index (κ1) is 14.8. The second-order valence-electron chi connectivity index (χ2n) is 4.01. The van der Waals surface area contributed by atoms with Gasteiger partial charge in [0.1, 0.15) is 4.90 Å². The molecule has 2 aromatic heterocycles. The maximum Gasteiger partial charge on any atom is 0.246 e. The number of nitrogens with zero attached hydrogens (tertiary/aromatic N) is 4. The Balaban J connectivity index is 2.16. The first-order valence-electron chi connectivity index (χ1n) is 5.93. The smallest absolute Gasteiger partial charge is 0.246 e. The fourth-order valence-corrected chi connectivity index (χ4v) is 3.09. The van der Waals surface area contributed by atoms with Gasteiger partial charge in [0.25, 0.3) is 0 Å². The summed E-state index contributed by atoms with van der Waals surface area (Å²) < 4.78 is 25.9. The lowest BCUT2D eigenvalue weighted by molar-refractivity contribution is 0.462. The minimum atomic E-state index is -3.60. The summed E-state index contributed by atoms with van der Waals surface area (Å²) in [6.45, 7) is 2.81. The van der Waals surface area contributed by atoms with Crippen LogP contribution in [0.2, 0.25) is 0 Å². The molecule has 0 fully saturated rings. The van der Waals surface area contributed by atoms with E-state index in [-0.39, 0.29) is 11.4 Å². The zero-order chi connectivity index (χ0) is 14.6. The predicted molar refractivity (Wildman–Crippen MR) is 77.0 cm³/mol. The number of thiazole rings is 1. The predicted octanol–water partition coefficient (Wildman–Crippen LogP) is 1.19. The highest BCUT2D eigenvalue weighted by Crippen LogP contribution is 2.15. The molecule has 20 heavy (non-hydrogen) atoms. The van der Waals surface area contributed by atoms with Crippen LogP contribution in [0.4, 0.5) is 5.95 Å². The van der Waals surface area contributed by atoms with Crippen molar-refractivity contribution in [3.05, 3.63) is 29.0 Å². The molecule has 0 atom stereocenters. The molecular weight excluding hydrogens is 298 g/mol. The van der Waals surface area contributed by atoms with Crippen LogP contribution >= 0.6 is 11.3 Å². The molecule has 0 radical (unpaired) electrons. The number of hydrogen-bond donors (Lipinski definition) is 1. The van der Waals surface area contributed by atoms with E-state index >= 15 is 0 Å². The lowest BCUT2D eigenvalue weighted by Crippen LogP contribution is -2.27. The Labute approximate surface area is 121 Å². The molecule has 2 rings (SSSR count). The van der Waals surface area contributed by atoms with Gasteiger partial charge in [-0.15, -0.1) is 11.3 Å². The van der Waals surface area contributed by atoms with Gasteiger partial charge < -0.3 is 5.32 Å². The van der Waals surface area contributed by atoms with E-state index in [4.69, 9.17) is 0 Å². The van der Waals surface area contributed by atoms with E-state index < -0.39 is 10.0 Å². The van der Waals surface area contributed by atoms with Crippen molar-refractivity contribution in [3.63, 3.8) is 0 Å².